The first-order valence-electron chi connectivity index (χ1n) is 51.9. The molecule has 0 radical (unpaired) electrons. The maximum absolute atomic E-state index is 12.6. The summed E-state index contributed by atoms with van der Waals surface area (Å²) < 4.78 is 225. The van der Waals surface area contributed by atoms with Crippen LogP contribution in [-0.2, 0) is 24.0 Å². The third-order valence-electron chi connectivity index (χ3n) is 21.3. The molecule has 0 aliphatic carbocycles. The second-order valence-electron chi connectivity index (χ2n) is 29.1. The van der Waals surface area contributed by atoms with Gasteiger partial charge in [-0.25, -0.2) is 82.7 Å². The van der Waals surface area contributed by atoms with Crippen LogP contribution in [0.4, 0.5) is 29.1 Å². The molecule has 15 heterocycles. The third-order valence-corrected chi connectivity index (χ3v) is 21.3. The molecule has 35 nitrogen and oxygen atoms in total. The van der Waals surface area contributed by atoms with Gasteiger partial charge < -0.3 is 98.1 Å². The molecule has 10 aromatic heterocycles. The third kappa shape index (κ3) is 20.2. The van der Waals surface area contributed by atoms with E-state index in [-0.39, 0.29) is 126 Å². The van der Waals surface area contributed by atoms with Crippen LogP contribution >= 0.6 is 0 Å². The SMILES string of the molecule is [2H]c1c(C)[nH]c2ncnc(N(C)[C@@]3([2H])CN(C(=O)C([2H])([2H])[N+]#[C-])CC[C@H]3C([2H])([2H])[2H])c12.[2H]c1c(C)[nH]c2ncnc(N(C)[C@@]3([2H])CN(C(=O)C([2H])([2H])[N+]#[C-])CC[C@H]3C)c12.[2H]c1c(C)[nH]c2ncnc(N(C)[C@H]3CN(C(=O)C([2H])([2H])[N+]#[C-])CC[C@@]3([2H])C([2H])([2H])[2H])c12.[2H]c1c(C)[nH]c2ncnc(N(C)[C@H]3CN(C(=O)C([2H])([2H])[N+]#[C-])CC[C@@]3([2H])C)c12.[2H]c1c(C)[nH]c2ncnc(N(C)[C@H]3CN(C(=O)C([2H])([2H])[N+]#[C-])CC[C@H]3C([2H])([2H])[2H])c12. The fourth-order valence-electron chi connectivity index (χ4n) is 14.9. The zero-order chi connectivity index (χ0) is 111. The van der Waals surface area contributed by atoms with Crippen LogP contribution in [0.25, 0.3) is 79.4 Å². The van der Waals surface area contributed by atoms with E-state index in [1.165, 1.54) is 70.2 Å². The molecule has 5 aliphatic heterocycles. The molecular weight excluding hydrogens is 1520 g/mol. The van der Waals surface area contributed by atoms with Crippen molar-refractivity contribution in [1.82, 2.24) is 99.3 Å². The number of amides is 5. The van der Waals surface area contributed by atoms with E-state index in [0.29, 0.717) is 114 Å². The highest BCUT2D eigenvalue weighted by molar-refractivity contribution is 5.92. The van der Waals surface area contributed by atoms with Gasteiger partial charge in [-0.3, -0.25) is 24.0 Å². The Morgan fingerprint density at radius 1 is 0.375 bits per heavy atom. The average molecular weight is 1660 g/mol. The van der Waals surface area contributed by atoms with Crippen LogP contribution in [0.3, 0.4) is 0 Å². The first-order valence-corrected chi connectivity index (χ1v) is 37.9. The number of hydrogen-bond acceptors (Lipinski definition) is 20. The molecular formula is C85H110N30O5. The molecule has 0 aromatic carbocycles. The highest BCUT2D eigenvalue weighted by atomic mass is 16.2. The highest BCUT2D eigenvalue weighted by Crippen LogP contribution is 2.36. The molecule has 120 heavy (non-hydrogen) atoms. The van der Waals surface area contributed by atoms with Crippen molar-refractivity contribution in [3.8, 4) is 0 Å². The molecule has 15 rings (SSSR count). The van der Waals surface area contributed by atoms with Crippen LogP contribution < -0.4 is 24.5 Å². The van der Waals surface area contributed by atoms with Gasteiger partial charge in [0.1, 0.15) is 103 Å². The maximum atomic E-state index is 12.6. The maximum Gasteiger partial charge on any atom is 0.302 e. The Labute approximate surface area is 739 Å². The summed E-state index contributed by atoms with van der Waals surface area (Å²) in [6.45, 7) is 25.4. The number of likely N-dealkylation sites (N-methyl/N-ethyl adjacent to an activating group) is 5. The average Bonchev–Trinajstić information content (AvgIpc) is 1.36. The summed E-state index contributed by atoms with van der Waals surface area (Å²) in [5, 5.41) is 2.16. The number of aryl methyl sites for hydroxylation is 5. The lowest BCUT2D eigenvalue weighted by molar-refractivity contribution is -0.131. The minimum Gasteiger partial charge on any atom is -0.354 e. The molecule has 35 heteroatoms. The number of carbonyl (C=O) groups excluding carboxylic acids is 5. The van der Waals surface area contributed by atoms with E-state index in [9.17, 15) is 24.0 Å². The lowest BCUT2D eigenvalue weighted by Gasteiger charge is -2.41. The predicted octanol–water partition coefficient (Wildman–Crippen LogP) is 9.29. The molecule has 0 unspecified atom stereocenters. The molecule has 5 N–H and O–H groups in total. The number of aromatic nitrogens is 15. The highest BCUT2D eigenvalue weighted by Gasteiger charge is 2.39. The van der Waals surface area contributed by atoms with Gasteiger partial charge in [-0.2, -0.15) is 0 Å². The molecule has 0 spiro atoms. The first kappa shape index (κ1) is 57.1. The second-order valence-corrected chi connectivity index (χ2v) is 29.1. The molecule has 5 aliphatic rings. The number of carbonyl (C=O) groups is 5. The van der Waals surface area contributed by atoms with Gasteiger partial charge in [-0.05, 0) is 126 Å². The van der Waals surface area contributed by atoms with E-state index in [2.05, 4.69) is 99.0 Å². The van der Waals surface area contributed by atoms with Crippen LogP contribution in [0.1, 0.15) is 133 Å². The number of rotatable bonds is 15. The van der Waals surface area contributed by atoms with Gasteiger partial charge in [-0.1, -0.05) is 34.4 Å². The van der Waals surface area contributed by atoms with Gasteiger partial charge in [0.2, 0.25) is 0 Å². The first-order chi connectivity index (χ1) is 68.4. The zero-order valence-corrected chi connectivity index (χ0v) is 68.2. The van der Waals surface area contributed by atoms with Crippen LogP contribution in [0.15, 0.2) is 61.8 Å². The predicted molar refractivity (Wildman–Crippen MR) is 463 cm³/mol. The van der Waals surface area contributed by atoms with Crippen molar-refractivity contribution < 1.29 is 62.4 Å². The number of nitrogens with one attached hydrogen (secondary N) is 5. The molecule has 630 valence electrons. The van der Waals surface area contributed by atoms with E-state index in [1.54, 1.807) is 77.4 Å². The lowest BCUT2D eigenvalue weighted by Crippen LogP contribution is -2.53. The lowest BCUT2D eigenvalue weighted by atomic mass is 9.92. The Hall–Kier alpha value is -13.1. The van der Waals surface area contributed by atoms with Crippen LogP contribution in [0.2, 0.25) is 0 Å². The van der Waals surface area contributed by atoms with Gasteiger partial charge in [0.15, 0.2) is 0 Å². The minimum absolute atomic E-state index is 0.0490. The zero-order valence-electron chi connectivity index (χ0n) is 96.2. The van der Waals surface area contributed by atoms with Crippen molar-refractivity contribution in [1.29, 1.82) is 0 Å². The van der Waals surface area contributed by atoms with Crippen LogP contribution in [0.5, 0.6) is 0 Å². The number of hydrogen-bond donors (Lipinski definition) is 5. The van der Waals surface area contributed by atoms with Crippen molar-refractivity contribution in [2.45, 2.75) is 131 Å². The van der Waals surface area contributed by atoms with E-state index >= 15 is 0 Å². The summed E-state index contributed by atoms with van der Waals surface area (Å²) in [6.07, 6.45) is 7.17. The Morgan fingerprint density at radius 3 is 0.933 bits per heavy atom. The fraction of sp³-hybridized carbons (Fsp3) is 0.529. The smallest absolute Gasteiger partial charge is 0.302 e. The molecule has 0 saturated carbocycles. The largest absolute Gasteiger partial charge is 0.354 e. The minimum atomic E-state index is -2.80. The number of anilines is 5. The summed E-state index contributed by atoms with van der Waals surface area (Å²) in [4.78, 5) is 147. The number of piperidine rings is 5. The molecule has 5 fully saturated rings. The van der Waals surface area contributed by atoms with Crippen LogP contribution in [0, 0.1) is 97.0 Å². The van der Waals surface area contributed by atoms with Gasteiger partial charge >= 0.3 is 29.5 Å². The van der Waals surface area contributed by atoms with Crippen molar-refractivity contribution >= 4 is 114 Å². The Balaban J connectivity index is 0.000000176. The van der Waals surface area contributed by atoms with Gasteiger partial charge in [0.05, 0.1) is 66.7 Å². The quantitative estimate of drug-likeness (QED) is 0.0597. The summed E-state index contributed by atoms with van der Waals surface area (Å²) in [6, 6.07) is -4.57. The molecule has 5 saturated heterocycles. The molecule has 10 aromatic rings. The second kappa shape index (κ2) is 39.4. The summed E-state index contributed by atoms with van der Waals surface area (Å²) in [5.74, 6) is -8.40. The number of aromatic amines is 5. The topological polar surface area (TPSA) is 347 Å². The number of H-pyrrole nitrogens is 5. The number of fused-ring (bicyclic) bond motifs is 5. The summed E-state index contributed by atoms with van der Waals surface area (Å²) in [5.41, 5.74) is 5.20. The van der Waals surface area contributed by atoms with Crippen molar-refractivity contribution in [2.75, 3.05) is 158 Å². The van der Waals surface area contributed by atoms with Crippen molar-refractivity contribution in [3.05, 3.63) is 147 Å². The van der Waals surface area contributed by atoms with E-state index < -0.39 is 143 Å². The monoisotopic (exact) mass is 1660 g/mol. The fourth-order valence-corrected chi connectivity index (χ4v) is 14.9. The van der Waals surface area contributed by atoms with E-state index in [4.69, 9.17) is 71.2 Å². The van der Waals surface area contributed by atoms with Crippen molar-refractivity contribution in [2.24, 2.45) is 29.5 Å². The number of nitrogens with zero attached hydrogens (tertiary/aromatic N) is 25. The molecule has 5 amide bonds. The molecule has 0 bridgehead atoms. The van der Waals surface area contributed by atoms with E-state index in [0.717, 1.165) is 9.80 Å². The van der Waals surface area contributed by atoms with E-state index in [1.807, 2.05) is 6.92 Å². The Bertz CT molecular complexity index is 6950. The summed E-state index contributed by atoms with van der Waals surface area (Å²) in [7, 11) is 8.07. The van der Waals surface area contributed by atoms with Crippen LogP contribution in [-0.4, -0.2) is 292 Å². The molecule has 10 atom stereocenters. The van der Waals surface area contributed by atoms with Gasteiger partial charge in [-0.15, -0.1) is 0 Å². The summed E-state index contributed by atoms with van der Waals surface area (Å²) >= 11 is 0. The standard InChI is InChI=1S/5C17H22N6O/c5*1-11-5-6-23(15(24)8-18-3)9-14(11)22(4)17-13-7-12(2)21-16(13)19-10-20-17/h5*7,10-11,14H,5-6,8-9H2,1-2,4H3,(H,19,20,21)/t5*11-,14+/m11111/s1/i1D3,7D,8D2,14D;1D3,7D,8D2,11D;7D,8D2,14D;7D,8D2,11D;1D3,7D,8D2. The van der Waals surface area contributed by atoms with Gasteiger partial charge in [0.25, 0.3) is 32.5 Å². The van der Waals surface area contributed by atoms with Crippen molar-refractivity contribution in [3.63, 3.8) is 0 Å². The normalized spacial score (nSPS) is 27.6. The van der Waals surface area contributed by atoms with Gasteiger partial charge in [0, 0.05) is 144 Å². The Kier molecular flexibility index (Phi) is 18.8. The number of likely N-dealkylation sites (tertiary alicyclic amines) is 5. The Morgan fingerprint density at radius 2 is 0.625 bits per heavy atom.